The van der Waals surface area contributed by atoms with Gasteiger partial charge in [0.25, 0.3) is 5.91 Å². The van der Waals surface area contributed by atoms with E-state index in [2.05, 4.69) is 5.10 Å². The number of carboxylic acids is 1. The highest BCUT2D eigenvalue weighted by atomic mass is 16.4. The number of nitrogens with zero attached hydrogens (tertiary/aromatic N) is 3. The van der Waals surface area contributed by atoms with E-state index in [0.29, 0.717) is 18.7 Å². The summed E-state index contributed by atoms with van der Waals surface area (Å²) in [7, 11) is 1.76. The minimum Gasteiger partial charge on any atom is -0.481 e. The summed E-state index contributed by atoms with van der Waals surface area (Å²) >= 11 is 0. The second-order valence-corrected chi connectivity index (χ2v) is 5.38. The van der Waals surface area contributed by atoms with Crippen molar-refractivity contribution in [2.24, 2.45) is 7.05 Å². The molecule has 2 rings (SSSR count). The van der Waals surface area contributed by atoms with Gasteiger partial charge in [0.15, 0.2) is 0 Å². The van der Waals surface area contributed by atoms with Gasteiger partial charge in [-0.2, -0.15) is 5.10 Å². The van der Waals surface area contributed by atoms with Crippen molar-refractivity contribution in [2.45, 2.75) is 45.1 Å². The summed E-state index contributed by atoms with van der Waals surface area (Å²) in [5, 5.41) is 13.0. The molecule has 1 aliphatic heterocycles. The van der Waals surface area contributed by atoms with Crippen LogP contribution in [0.25, 0.3) is 0 Å². The standard InChI is InChI=1S/C14H21N3O3/c1-10-9-12(16(2)15-10)14(20)17-8-4-3-5-11(17)6-7-13(18)19/h9,11H,3-8H2,1-2H3,(H,18,19). The molecule has 1 N–H and O–H groups in total. The molecule has 110 valence electrons. The first-order valence-electron chi connectivity index (χ1n) is 7.02. The highest BCUT2D eigenvalue weighted by Crippen LogP contribution is 2.23. The van der Waals surface area contributed by atoms with Gasteiger partial charge in [-0.1, -0.05) is 0 Å². The molecule has 0 spiro atoms. The topological polar surface area (TPSA) is 75.4 Å². The fourth-order valence-electron chi connectivity index (χ4n) is 2.82. The van der Waals surface area contributed by atoms with Crippen LogP contribution in [0, 0.1) is 6.92 Å². The molecule has 0 aromatic carbocycles. The van der Waals surface area contributed by atoms with Gasteiger partial charge in [0.05, 0.1) is 5.69 Å². The maximum Gasteiger partial charge on any atom is 0.303 e. The fourth-order valence-corrected chi connectivity index (χ4v) is 2.82. The summed E-state index contributed by atoms with van der Waals surface area (Å²) < 4.78 is 1.60. The summed E-state index contributed by atoms with van der Waals surface area (Å²) in [5.74, 6) is -0.845. The third kappa shape index (κ3) is 3.18. The average Bonchev–Trinajstić information content (AvgIpc) is 2.75. The van der Waals surface area contributed by atoms with Crippen LogP contribution >= 0.6 is 0 Å². The molecule has 20 heavy (non-hydrogen) atoms. The third-order valence-corrected chi connectivity index (χ3v) is 3.80. The van der Waals surface area contributed by atoms with Crippen LogP contribution in [0.5, 0.6) is 0 Å². The predicted molar refractivity (Wildman–Crippen MR) is 73.5 cm³/mol. The van der Waals surface area contributed by atoms with Crippen LogP contribution in [0.15, 0.2) is 6.07 Å². The van der Waals surface area contributed by atoms with Crippen LogP contribution in [-0.2, 0) is 11.8 Å². The van der Waals surface area contributed by atoms with Gasteiger partial charge < -0.3 is 10.0 Å². The fraction of sp³-hybridized carbons (Fsp3) is 0.643. The van der Waals surface area contributed by atoms with Crippen LogP contribution in [0.2, 0.25) is 0 Å². The van der Waals surface area contributed by atoms with E-state index >= 15 is 0 Å². The SMILES string of the molecule is Cc1cc(C(=O)N2CCCCC2CCC(=O)O)n(C)n1. The molecule has 6 nitrogen and oxygen atoms in total. The van der Waals surface area contributed by atoms with E-state index in [1.807, 2.05) is 11.8 Å². The van der Waals surface area contributed by atoms with Gasteiger partial charge in [-0.25, -0.2) is 0 Å². The molecule has 1 saturated heterocycles. The number of carbonyl (C=O) groups excluding carboxylic acids is 1. The lowest BCUT2D eigenvalue weighted by Crippen LogP contribution is -2.44. The van der Waals surface area contributed by atoms with Crippen LogP contribution in [0.4, 0.5) is 0 Å². The van der Waals surface area contributed by atoms with Crippen molar-refractivity contribution in [2.75, 3.05) is 6.54 Å². The second kappa shape index (κ2) is 6.07. The summed E-state index contributed by atoms with van der Waals surface area (Å²) in [4.78, 5) is 25.2. The maximum atomic E-state index is 12.6. The monoisotopic (exact) mass is 279 g/mol. The number of aromatic nitrogens is 2. The Bertz CT molecular complexity index is 510. The zero-order valence-electron chi connectivity index (χ0n) is 12.0. The van der Waals surface area contributed by atoms with Crippen molar-refractivity contribution >= 4 is 11.9 Å². The number of hydrogen-bond donors (Lipinski definition) is 1. The highest BCUT2D eigenvalue weighted by Gasteiger charge is 2.29. The number of amides is 1. The van der Waals surface area contributed by atoms with E-state index < -0.39 is 5.97 Å². The Balaban J connectivity index is 2.12. The zero-order valence-corrected chi connectivity index (χ0v) is 12.0. The molecule has 2 heterocycles. The van der Waals surface area contributed by atoms with Crippen LogP contribution in [0.1, 0.15) is 48.3 Å². The van der Waals surface area contributed by atoms with Crippen molar-refractivity contribution < 1.29 is 14.7 Å². The maximum absolute atomic E-state index is 12.6. The molecule has 1 amide bonds. The lowest BCUT2D eigenvalue weighted by molar-refractivity contribution is -0.137. The molecule has 1 fully saturated rings. The number of carboxylic acid groups (broad SMARTS) is 1. The van der Waals surface area contributed by atoms with Crippen molar-refractivity contribution in [1.29, 1.82) is 0 Å². The molecule has 1 unspecified atom stereocenters. The van der Waals surface area contributed by atoms with Gasteiger partial charge in [-0.15, -0.1) is 0 Å². The van der Waals surface area contributed by atoms with Crippen molar-refractivity contribution in [3.05, 3.63) is 17.5 Å². The number of hydrogen-bond acceptors (Lipinski definition) is 3. The van der Waals surface area contributed by atoms with Crippen molar-refractivity contribution in [3.8, 4) is 0 Å². The van der Waals surface area contributed by atoms with Gasteiger partial charge in [-0.3, -0.25) is 14.3 Å². The number of rotatable bonds is 4. The summed E-state index contributed by atoms with van der Waals surface area (Å²) in [6, 6.07) is 1.81. The molecule has 0 radical (unpaired) electrons. The first-order chi connectivity index (χ1) is 9.49. The lowest BCUT2D eigenvalue weighted by Gasteiger charge is -2.35. The van der Waals surface area contributed by atoms with E-state index in [1.165, 1.54) is 0 Å². The normalized spacial score (nSPS) is 19.1. The smallest absolute Gasteiger partial charge is 0.303 e. The molecule has 6 heteroatoms. The molecule has 1 atom stereocenters. The van der Waals surface area contributed by atoms with Gasteiger partial charge in [-0.05, 0) is 38.7 Å². The molecule has 0 bridgehead atoms. The Hall–Kier alpha value is -1.85. The number of aliphatic carboxylic acids is 1. The van der Waals surface area contributed by atoms with Gasteiger partial charge in [0.2, 0.25) is 0 Å². The molecule has 0 saturated carbocycles. The summed E-state index contributed by atoms with van der Waals surface area (Å²) in [6.07, 6.45) is 3.55. The van der Waals surface area contributed by atoms with E-state index in [4.69, 9.17) is 5.11 Å². The molecule has 1 aromatic rings. The number of likely N-dealkylation sites (tertiary alicyclic amines) is 1. The van der Waals surface area contributed by atoms with Crippen molar-refractivity contribution in [3.63, 3.8) is 0 Å². The lowest BCUT2D eigenvalue weighted by atomic mass is 9.97. The zero-order chi connectivity index (χ0) is 14.7. The molecule has 1 aliphatic rings. The summed E-state index contributed by atoms with van der Waals surface area (Å²) in [6.45, 7) is 2.56. The Labute approximate surface area is 118 Å². The van der Waals surface area contributed by atoms with E-state index in [9.17, 15) is 9.59 Å². The first-order valence-corrected chi connectivity index (χ1v) is 7.02. The van der Waals surface area contributed by atoms with Gasteiger partial charge in [0.1, 0.15) is 5.69 Å². The third-order valence-electron chi connectivity index (χ3n) is 3.80. The second-order valence-electron chi connectivity index (χ2n) is 5.38. The van der Waals surface area contributed by atoms with E-state index in [1.54, 1.807) is 17.8 Å². The Morgan fingerprint density at radius 3 is 2.80 bits per heavy atom. The van der Waals surface area contributed by atoms with Crippen LogP contribution < -0.4 is 0 Å². The molecule has 0 aliphatic carbocycles. The van der Waals surface area contributed by atoms with E-state index in [-0.39, 0.29) is 18.4 Å². The average molecular weight is 279 g/mol. The number of aryl methyl sites for hydroxylation is 2. The largest absolute Gasteiger partial charge is 0.481 e. The van der Waals surface area contributed by atoms with E-state index in [0.717, 1.165) is 25.0 Å². The summed E-state index contributed by atoms with van der Waals surface area (Å²) in [5.41, 5.74) is 1.39. The van der Waals surface area contributed by atoms with Crippen LogP contribution in [-0.4, -0.2) is 44.3 Å². The molecule has 1 aromatic heterocycles. The predicted octanol–water partition coefficient (Wildman–Crippen LogP) is 1.59. The Morgan fingerprint density at radius 1 is 1.45 bits per heavy atom. The van der Waals surface area contributed by atoms with Gasteiger partial charge in [0, 0.05) is 26.1 Å². The minimum absolute atomic E-state index is 0.0301. The van der Waals surface area contributed by atoms with Crippen LogP contribution in [0.3, 0.4) is 0 Å². The Kier molecular flexibility index (Phi) is 4.42. The highest BCUT2D eigenvalue weighted by molar-refractivity contribution is 5.93. The van der Waals surface area contributed by atoms with Crippen molar-refractivity contribution in [1.82, 2.24) is 14.7 Å². The van der Waals surface area contributed by atoms with Gasteiger partial charge >= 0.3 is 5.97 Å². The molecular formula is C14H21N3O3. The molecular weight excluding hydrogens is 258 g/mol. The minimum atomic E-state index is -0.806. The quantitative estimate of drug-likeness (QED) is 0.908. The number of carbonyl (C=O) groups is 2. The first kappa shape index (κ1) is 14.6. The number of piperidine rings is 1. The Morgan fingerprint density at radius 2 is 2.20 bits per heavy atom.